The first kappa shape index (κ1) is 16.3. The first-order valence-corrected chi connectivity index (χ1v) is 7.70. The quantitative estimate of drug-likeness (QED) is 0.583. The Hall–Kier alpha value is -2.03. The van der Waals surface area contributed by atoms with Gasteiger partial charge in [-0.05, 0) is 17.7 Å². The molecule has 1 heterocycles. The van der Waals surface area contributed by atoms with Crippen LogP contribution in [0.15, 0.2) is 29.6 Å². The van der Waals surface area contributed by atoms with Gasteiger partial charge in [-0.25, -0.2) is 14.2 Å². The Morgan fingerprint density at radius 1 is 1.36 bits per heavy atom. The van der Waals surface area contributed by atoms with Gasteiger partial charge in [-0.1, -0.05) is 12.1 Å². The molecule has 2 amide bonds. The fourth-order valence-electron chi connectivity index (χ4n) is 1.73. The van der Waals surface area contributed by atoms with Crippen molar-refractivity contribution in [1.82, 2.24) is 15.6 Å². The molecule has 0 unspecified atom stereocenters. The van der Waals surface area contributed by atoms with Crippen molar-refractivity contribution in [1.29, 1.82) is 0 Å². The largest absolute Gasteiger partial charge is 0.334 e. The fraction of sp³-hybridized carbons (Fsp3) is 0.286. The number of nitrogens with one attached hydrogen (secondary N) is 3. The summed E-state index contributed by atoms with van der Waals surface area (Å²) in [6.07, 6.45) is 0. The molecule has 0 fully saturated rings. The molecule has 5 N–H and O–H groups in total. The van der Waals surface area contributed by atoms with E-state index in [1.54, 1.807) is 12.1 Å². The molecule has 1 aromatic carbocycles. The minimum absolute atomic E-state index is 0.250. The summed E-state index contributed by atoms with van der Waals surface area (Å²) in [5.41, 5.74) is 6.93. The predicted octanol–water partition coefficient (Wildman–Crippen LogP) is 1.65. The number of benzene rings is 1. The monoisotopic (exact) mass is 323 g/mol. The molecule has 0 spiro atoms. The molecule has 0 radical (unpaired) electrons. The highest BCUT2D eigenvalue weighted by Crippen LogP contribution is 2.15. The molecule has 118 valence electrons. The number of rotatable bonds is 7. The van der Waals surface area contributed by atoms with Crippen LogP contribution in [0.3, 0.4) is 0 Å². The minimum Gasteiger partial charge on any atom is -0.334 e. The summed E-state index contributed by atoms with van der Waals surface area (Å²) in [7, 11) is 0. The molecule has 0 aliphatic carbocycles. The van der Waals surface area contributed by atoms with Gasteiger partial charge in [0.05, 0.1) is 5.69 Å². The van der Waals surface area contributed by atoms with Crippen molar-refractivity contribution < 1.29 is 9.18 Å². The Labute approximate surface area is 131 Å². The summed E-state index contributed by atoms with van der Waals surface area (Å²) in [4.78, 5) is 16.0. The Morgan fingerprint density at radius 3 is 3.00 bits per heavy atom. The van der Waals surface area contributed by atoms with E-state index in [0.717, 1.165) is 5.69 Å². The third-order valence-corrected chi connectivity index (χ3v) is 3.55. The van der Waals surface area contributed by atoms with Crippen LogP contribution >= 0.6 is 11.3 Å². The number of anilines is 1. The van der Waals surface area contributed by atoms with E-state index in [1.807, 2.05) is 5.38 Å². The maximum Gasteiger partial charge on any atom is 0.321 e. The van der Waals surface area contributed by atoms with Gasteiger partial charge in [-0.15, -0.1) is 11.3 Å². The number of carbonyl (C=O) groups is 1. The predicted molar refractivity (Wildman–Crippen MR) is 85.1 cm³/mol. The number of hydrogen-bond donors (Lipinski definition) is 4. The Morgan fingerprint density at radius 2 is 2.23 bits per heavy atom. The zero-order valence-electron chi connectivity index (χ0n) is 11.9. The van der Waals surface area contributed by atoms with E-state index in [4.69, 9.17) is 5.73 Å². The second kappa shape index (κ2) is 8.42. The van der Waals surface area contributed by atoms with E-state index in [2.05, 4.69) is 20.9 Å². The molecule has 0 aliphatic rings. The van der Waals surface area contributed by atoms with E-state index in [1.165, 1.54) is 23.5 Å². The second-order valence-corrected chi connectivity index (χ2v) is 5.41. The maximum atomic E-state index is 13.0. The van der Waals surface area contributed by atoms with Gasteiger partial charge in [-0.3, -0.25) is 5.32 Å². The topological polar surface area (TPSA) is 92.1 Å². The van der Waals surface area contributed by atoms with Gasteiger partial charge in [0, 0.05) is 31.6 Å². The minimum atomic E-state index is -0.375. The molecule has 0 saturated carbocycles. The highest BCUT2D eigenvalue weighted by Gasteiger charge is 2.06. The lowest BCUT2D eigenvalue weighted by atomic mass is 10.2. The summed E-state index contributed by atoms with van der Waals surface area (Å²) in [5.74, 6) is -0.325. The second-order valence-electron chi connectivity index (χ2n) is 4.55. The molecule has 1 aromatic heterocycles. The number of nitrogens with zero attached hydrogens (tertiary/aromatic N) is 1. The highest BCUT2D eigenvalue weighted by atomic mass is 32.1. The van der Waals surface area contributed by atoms with Crippen molar-refractivity contribution in [3.63, 3.8) is 0 Å². The SMILES string of the molecule is NCCNCc1csc(NC(=O)NCc2cccc(F)c2)n1. The summed E-state index contributed by atoms with van der Waals surface area (Å²) in [5, 5.41) is 10.8. The van der Waals surface area contributed by atoms with Crippen LogP contribution in [-0.2, 0) is 13.1 Å². The number of thiazole rings is 1. The average Bonchev–Trinajstić information content (AvgIpc) is 2.93. The number of amides is 2. The number of nitrogens with two attached hydrogens (primary N) is 1. The molecule has 2 aromatic rings. The number of hydrogen-bond acceptors (Lipinski definition) is 5. The molecular weight excluding hydrogens is 305 g/mol. The van der Waals surface area contributed by atoms with E-state index < -0.39 is 0 Å². The zero-order chi connectivity index (χ0) is 15.8. The van der Waals surface area contributed by atoms with Gasteiger partial charge in [0.15, 0.2) is 5.13 Å². The molecule has 2 rings (SSSR count). The Bertz CT molecular complexity index is 619. The number of urea groups is 1. The van der Waals surface area contributed by atoms with Gasteiger partial charge in [0.2, 0.25) is 0 Å². The summed E-state index contributed by atoms with van der Waals surface area (Å²) in [6, 6.07) is 5.71. The first-order valence-electron chi connectivity index (χ1n) is 6.82. The molecule has 8 heteroatoms. The number of carbonyl (C=O) groups excluding carboxylic acids is 1. The molecule has 22 heavy (non-hydrogen) atoms. The molecule has 0 aliphatic heterocycles. The van der Waals surface area contributed by atoms with Crippen LogP contribution in [0, 0.1) is 5.82 Å². The Kier molecular flexibility index (Phi) is 6.26. The van der Waals surface area contributed by atoms with Crippen LogP contribution in [0.2, 0.25) is 0 Å². The Balaban J connectivity index is 1.77. The first-order chi connectivity index (χ1) is 10.7. The van der Waals surface area contributed by atoms with E-state index in [9.17, 15) is 9.18 Å². The van der Waals surface area contributed by atoms with Crippen molar-refractivity contribution in [3.05, 3.63) is 46.7 Å². The molecule has 6 nitrogen and oxygen atoms in total. The molecule has 0 atom stereocenters. The van der Waals surface area contributed by atoms with Crippen molar-refractivity contribution >= 4 is 22.5 Å². The van der Waals surface area contributed by atoms with Crippen molar-refractivity contribution in [2.75, 3.05) is 18.4 Å². The normalized spacial score (nSPS) is 10.5. The average molecular weight is 323 g/mol. The van der Waals surface area contributed by atoms with E-state index in [0.29, 0.717) is 30.3 Å². The summed E-state index contributed by atoms with van der Waals surface area (Å²) in [6.45, 7) is 2.15. The smallest absolute Gasteiger partial charge is 0.321 e. The van der Waals surface area contributed by atoms with Crippen LogP contribution in [-0.4, -0.2) is 24.1 Å². The van der Waals surface area contributed by atoms with Crippen LogP contribution in [0.4, 0.5) is 14.3 Å². The van der Waals surface area contributed by atoms with Gasteiger partial charge in [0.25, 0.3) is 0 Å². The molecular formula is C14H18FN5OS. The third-order valence-electron chi connectivity index (χ3n) is 2.74. The third kappa shape index (κ3) is 5.40. The van der Waals surface area contributed by atoms with E-state index >= 15 is 0 Å². The van der Waals surface area contributed by atoms with Gasteiger partial charge < -0.3 is 16.4 Å². The van der Waals surface area contributed by atoms with Gasteiger partial charge in [-0.2, -0.15) is 0 Å². The van der Waals surface area contributed by atoms with Gasteiger partial charge in [0.1, 0.15) is 5.82 Å². The number of halogens is 1. The number of aromatic nitrogens is 1. The van der Waals surface area contributed by atoms with Crippen molar-refractivity contribution in [2.45, 2.75) is 13.1 Å². The highest BCUT2D eigenvalue weighted by molar-refractivity contribution is 7.13. The van der Waals surface area contributed by atoms with Crippen LogP contribution in [0.5, 0.6) is 0 Å². The van der Waals surface area contributed by atoms with Crippen molar-refractivity contribution in [3.8, 4) is 0 Å². The van der Waals surface area contributed by atoms with Crippen LogP contribution in [0.1, 0.15) is 11.3 Å². The maximum absolute atomic E-state index is 13.0. The van der Waals surface area contributed by atoms with E-state index in [-0.39, 0.29) is 18.4 Å². The fourth-order valence-corrected chi connectivity index (χ4v) is 2.44. The summed E-state index contributed by atoms with van der Waals surface area (Å²) < 4.78 is 13.0. The van der Waals surface area contributed by atoms with Crippen LogP contribution < -0.4 is 21.7 Å². The zero-order valence-corrected chi connectivity index (χ0v) is 12.8. The van der Waals surface area contributed by atoms with Gasteiger partial charge >= 0.3 is 6.03 Å². The molecule has 0 saturated heterocycles. The lowest BCUT2D eigenvalue weighted by molar-refractivity contribution is 0.251. The van der Waals surface area contributed by atoms with Crippen LogP contribution in [0.25, 0.3) is 0 Å². The summed E-state index contributed by atoms with van der Waals surface area (Å²) >= 11 is 1.35. The lowest BCUT2D eigenvalue weighted by Crippen LogP contribution is -2.28. The van der Waals surface area contributed by atoms with Crippen molar-refractivity contribution in [2.24, 2.45) is 5.73 Å². The standard InChI is InChI=1S/C14H18FN5OS/c15-11-3-1-2-10(6-11)7-18-13(21)20-14-19-12(9-22-14)8-17-5-4-16/h1-3,6,9,17H,4-5,7-8,16H2,(H2,18,19,20,21). The lowest BCUT2D eigenvalue weighted by Gasteiger charge is -2.05. The molecule has 0 bridgehead atoms.